The molecule has 0 radical (unpaired) electrons. The van der Waals surface area contributed by atoms with Crippen LogP contribution in [0.25, 0.3) is 0 Å². The number of carbonyl (C=O) groups excluding carboxylic acids is 1. The summed E-state index contributed by atoms with van der Waals surface area (Å²) >= 11 is 0. The summed E-state index contributed by atoms with van der Waals surface area (Å²) in [5.41, 5.74) is -0.139. The molecule has 0 heterocycles. The molecule has 0 aromatic heterocycles. The summed E-state index contributed by atoms with van der Waals surface area (Å²) in [6.45, 7) is 3.58. The van der Waals surface area contributed by atoms with Crippen molar-refractivity contribution >= 4 is 23.5 Å². The van der Waals surface area contributed by atoms with Crippen LogP contribution in [0.4, 0.5) is 0 Å². The van der Waals surface area contributed by atoms with Crippen molar-refractivity contribution in [1.82, 2.24) is 0 Å². The normalized spacial score (nSPS) is 12.9. The molecule has 0 aliphatic rings. The molecule has 1 atom stereocenters. The summed E-state index contributed by atoms with van der Waals surface area (Å²) in [4.78, 5) is 11.6. The van der Waals surface area contributed by atoms with Gasteiger partial charge in [-0.1, -0.05) is 67.6 Å². The number of rotatable bonds is 6. The first kappa shape index (κ1) is 15.7. The van der Waals surface area contributed by atoms with Gasteiger partial charge in [-0.25, -0.2) is 0 Å². The maximum Gasteiger partial charge on any atom is 0.146 e. The lowest BCUT2D eigenvalue weighted by Crippen LogP contribution is -2.27. The number of Topliss-reactive ketones (excluding diaryl/α,β-unsaturated/α-hetero) is 1. The fourth-order valence-electron chi connectivity index (χ4n) is 2.73. The van der Waals surface area contributed by atoms with E-state index in [0.29, 0.717) is 6.42 Å². The van der Waals surface area contributed by atoms with E-state index in [-0.39, 0.29) is 11.4 Å². The van der Waals surface area contributed by atoms with Gasteiger partial charge < -0.3 is 9.36 Å². The van der Waals surface area contributed by atoms with Gasteiger partial charge >= 0.3 is 0 Å². The van der Waals surface area contributed by atoms with Crippen LogP contribution < -0.4 is 10.6 Å². The Kier molecular flexibility index (Phi) is 5.14. The Morgan fingerprint density at radius 3 is 1.71 bits per heavy atom. The number of ketones is 1. The lowest BCUT2D eigenvalue weighted by molar-refractivity contribution is -0.117. The van der Waals surface area contributed by atoms with Gasteiger partial charge in [-0.05, 0) is 13.3 Å². The van der Waals surface area contributed by atoms with Crippen LogP contribution in [0.1, 0.15) is 26.7 Å². The molecule has 0 N–H and O–H groups in total. The summed E-state index contributed by atoms with van der Waals surface area (Å²) in [5, 5.41) is 1.67. The van der Waals surface area contributed by atoms with Crippen LogP contribution in [-0.4, -0.2) is 11.4 Å². The van der Waals surface area contributed by atoms with Gasteiger partial charge in [0, 0.05) is 22.7 Å². The van der Waals surface area contributed by atoms with Gasteiger partial charge in [0.05, 0.1) is 0 Å². The highest BCUT2D eigenvalue weighted by atomic mass is 31.2. The monoisotopic (exact) mass is 300 g/mol. The summed E-state index contributed by atoms with van der Waals surface area (Å²) in [6, 6.07) is 19.1. The second-order valence-electron chi connectivity index (χ2n) is 5.30. The minimum absolute atomic E-state index is 0.0916. The molecule has 0 spiro atoms. The van der Waals surface area contributed by atoms with Crippen LogP contribution in [0.5, 0.6) is 0 Å². The third kappa shape index (κ3) is 3.33. The Hall–Kier alpha value is -1.66. The third-order valence-electron chi connectivity index (χ3n) is 3.79. The van der Waals surface area contributed by atoms with Gasteiger partial charge in [0.1, 0.15) is 12.9 Å². The topological polar surface area (TPSA) is 34.1 Å². The number of hydrogen-bond donors (Lipinski definition) is 0. The van der Waals surface area contributed by atoms with Crippen molar-refractivity contribution in [1.29, 1.82) is 0 Å². The largest absolute Gasteiger partial charge is 0.313 e. The molecule has 0 bridgehead atoms. The molecule has 1 unspecified atom stereocenters. The summed E-state index contributed by atoms with van der Waals surface area (Å²) in [6.07, 6.45) is 1.08. The van der Waals surface area contributed by atoms with Gasteiger partial charge in [0.15, 0.2) is 0 Å². The molecule has 0 fully saturated rings. The molecule has 2 aromatic carbocycles. The Labute approximate surface area is 126 Å². The zero-order valence-electron chi connectivity index (χ0n) is 12.5. The van der Waals surface area contributed by atoms with Crippen molar-refractivity contribution in [3.05, 3.63) is 60.7 Å². The summed E-state index contributed by atoms with van der Waals surface area (Å²) < 4.78 is 13.9. The Morgan fingerprint density at radius 1 is 0.952 bits per heavy atom. The third-order valence-corrected chi connectivity index (χ3v) is 7.49. The van der Waals surface area contributed by atoms with E-state index in [1.807, 2.05) is 67.6 Å². The molecular formula is C18H21O2P. The lowest BCUT2D eigenvalue weighted by atomic mass is 10.2. The maximum atomic E-state index is 13.9. The first-order valence-corrected chi connectivity index (χ1v) is 9.07. The zero-order chi connectivity index (χ0) is 15.3. The van der Waals surface area contributed by atoms with E-state index >= 15 is 0 Å². The van der Waals surface area contributed by atoms with Crippen molar-refractivity contribution in [2.24, 2.45) is 0 Å². The Bertz CT molecular complexity index is 591. The van der Waals surface area contributed by atoms with Crippen LogP contribution >= 0.6 is 7.14 Å². The molecule has 0 aliphatic carbocycles. The smallest absolute Gasteiger partial charge is 0.146 e. The van der Waals surface area contributed by atoms with E-state index in [2.05, 4.69) is 0 Å². The second kappa shape index (κ2) is 6.87. The lowest BCUT2D eigenvalue weighted by Gasteiger charge is -2.27. The molecule has 0 saturated carbocycles. The van der Waals surface area contributed by atoms with Gasteiger partial charge in [-0.15, -0.1) is 0 Å². The van der Waals surface area contributed by atoms with Crippen molar-refractivity contribution < 1.29 is 9.36 Å². The van der Waals surface area contributed by atoms with Crippen molar-refractivity contribution in [2.75, 3.05) is 0 Å². The van der Waals surface area contributed by atoms with Gasteiger partial charge in [0.2, 0.25) is 0 Å². The molecule has 0 saturated heterocycles. The molecule has 21 heavy (non-hydrogen) atoms. The second-order valence-corrected chi connectivity index (χ2v) is 8.38. The Balaban J connectivity index is 2.59. The van der Waals surface area contributed by atoms with Crippen LogP contribution in [0, 0.1) is 0 Å². The first-order chi connectivity index (χ1) is 10.1. The van der Waals surface area contributed by atoms with Gasteiger partial charge in [-0.3, -0.25) is 0 Å². The minimum atomic E-state index is -2.81. The molecule has 2 nitrogen and oxygen atoms in total. The first-order valence-electron chi connectivity index (χ1n) is 7.29. The highest BCUT2D eigenvalue weighted by Crippen LogP contribution is 2.51. The standard InChI is InChI=1S/C18H21O2P/c1-3-16(14-15(2)19)21(20,17-10-6-4-7-11-17)18-12-8-5-9-13-18/h4-13,16H,3,14H2,1-2H3. The molecule has 3 heteroatoms. The van der Waals surface area contributed by atoms with E-state index in [9.17, 15) is 9.36 Å². The predicted octanol–water partition coefficient (Wildman–Crippen LogP) is 3.76. The van der Waals surface area contributed by atoms with Crippen LogP contribution in [-0.2, 0) is 9.36 Å². The molecule has 0 aliphatic heterocycles. The highest BCUT2D eigenvalue weighted by molar-refractivity contribution is 7.79. The zero-order valence-corrected chi connectivity index (χ0v) is 13.4. The minimum Gasteiger partial charge on any atom is -0.313 e. The molecule has 110 valence electrons. The van der Waals surface area contributed by atoms with Gasteiger partial charge in [0.25, 0.3) is 0 Å². The Morgan fingerprint density at radius 2 is 1.38 bits per heavy atom. The van der Waals surface area contributed by atoms with Crippen molar-refractivity contribution in [3.8, 4) is 0 Å². The number of carbonyl (C=O) groups is 1. The van der Waals surface area contributed by atoms with Crippen LogP contribution in [0.15, 0.2) is 60.7 Å². The van der Waals surface area contributed by atoms with Crippen LogP contribution in [0.2, 0.25) is 0 Å². The maximum absolute atomic E-state index is 13.9. The average molecular weight is 300 g/mol. The summed E-state index contributed by atoms with van der Waals surface area (Å²) in [5.74, 6) is 0.0916. The van der Waals surface area contributed by atoms with Crippen molar-refractivity contribution in [3.63, 3.8) is 0 Å². The average Bonchev–Trinajstić information content (AvgIpc) is 2.53. The molecular weight excluding hydrogens is 279 g/mol. The number of benzene rings is 2. The highest BCUT2D eigenvalue weighted by Gasteiger charge is 2.35. The molecule has 0 amide bonds. The van der Waals surface area contributed by atoms with E-state index in [4.69, 9.17) is 0 Å². The molecule has 2 rings (SSSR count). The van der Waals surface area contributed by atoms with E-state index in [1.165, 1.54) is 0 Å². The van der Waals surface area contributed by atoms with E-state index in [0.717, 1.165) is 17.0 Å². The summed E-state index contributed by atoms with van der Waals surface area (Å²) in [7, 11) is -2.81. The van der Waals surface area contributed by atoms with E-state index < -0.39 is 7.14 Å². The van der Waals surface area contributed by atoms with Gasteiger partial charge in [-0.2, -0.15) is 0 Å². The SMILES string of the molecule is CCC(CC(C)=O)P(=O)(c1ccccc1)c1ccccc1. The van der Waals surface area contributed by atoms with Crippen LogP contribution in [0.3, 0.4) is 0 Å². The predicted molar refractivity (Wildman–Crippen MR) is 89.1 cm³/mol. The van der Waals surface area contributed by atoms with Crippen molar-refractivity contribution in [2.45, 2.75) is 32.3 Å². The molecule has 2 aromatic rings. The fraction of sp³-hybridized carbons (Fsp3) is 0.278. The quantitative estimate of drug-likeness (QED) is 0.761. The fourth-order valence-corrected chi connectivity index (χ4v) is 6.13. The number of hydrogen-bond acceptors (Lipinski definition) is 2. The van der Waals surface area contributed by atoms with E-state index in [1.54, 1.807) is 6.92 Å².